The number of hydrogen-bond acceptors (Lipinski definition) is 8. The first-order valence-electron chi connectivity index (χ1n) is 12.8. The summed E-state index contributed by atoms with van der Waals surface area (Å²) in [5, 5.41) is 32.7. The van der Waals surface area contributed by atoms with E-state index in [0.29, 0.717) is 29.1 Å². The molecule has 9 nitrogen and oxygen atoms in total. The van der Waals surface area contributed by atoms with Crippen LogP contribution < -0.4 is 10.6 Å². The number of benzene rings is 2. The molecule has 13 heteroatoms. The molecule has 2 aromatic heterocycles. The Morgan fingerprint density at radius 3 is 2.34 bits per heavy atom. The standard InChI is InChI=1S/C28H27F3N6O3S/c29-28(30,31)17-19-8-6-7-18(15-19)16-23(38)32-22-14-13-21(34-35-22)11-4-5-12-24-36-37-27(41-24)33-26(40)25(39)20-9-2-1-3-10-20/h1-3,6-10,13-15,25,39H,4-5,11-12,16-17H2,(H,32,35,38)(H,33,37,40)/t25-/m0/s1. The summed E-state index contributed by atoms with van der Waals surface area (Å²) in [7, 11) is 0. The molecule has 0 spiro atoms. The number of aliphatic hydroxyl groups is 1. The van der Waals surface area contributed by atoms with Gasteiger partial charge < -0.3 is 10.4 Å². The van der Waals surface area contributed by atoms with Gasteiger partial charge in [0, 0.05) is 6.42 Å². The van der Waals surface area contributed by atoms with Crippen LogP contribution in [0.4, 0.5) is 24.1 Å². The highest BCUT2D eigenvalue weighted by Gasteiger charge is 2.27. The van der Waals surface area contributed by atoms with Crippen LogP contribution in [0.3, 0.4) is 0 Å². The fraction of sp³-hybridized carbons (Fsp3) is 0.286. The van der Waals surface area contributed by atoms with Gasteiger partial charge in [0.1, 0.15) is 5.01 Å². The van der Waals surface area contributed by atoms with Crippen molar-refractivity contribution in [3.63, 3.8) is 0 Å². The van der Waals surface area contributed by atoms with Gasteiger partial charge >= 0.3 is 6.18 Å². The van der Waals surface area contributed by atoms with E-state index in [0.717, 1.165) is 23.5 Å². The van der Waals surface area contributed by atoms with E-state index in [1.807, 2.05) is 0 Å². The maximum Gasteiger partial charge on any atom is 0.393 e. The minimum Gasteiger partial charge on any atom is -0.378 e. The quantitative estimate of drug-likeness (QED) is 0.203. The molecule has 0 radical (unpaired) electrons. The van der Waals surface area contributed by atoms with Gasteiger partial charge in [-0.25, -0.2) is 0 Å². The normalized spacial score (nSPS) is 12.1. The van der Waals surface area contributed by atoms with E-state index in [4.69, 9.17) is 0 Å². The van der Waals surface area contributed by atoms with Crippen molar-refractivity contribution in [3.05, 3.63) is 94.1 Å². The summed E-state index contributed by atoms with van der Waals surface area (Å²) in [4.78, 5) is 24.6. The van der Waals surface area contributed by atoms with Gasteiger partial charge in [-0.2, -0.15) is 18.3 Å². The molecule has 3 N–H and O–H groups in total. The van der Waals surface area contributed by atoms with Gasteiger partial charge in [0.25, 0.3) is 5.91 Å². The number of carbonyl (C=O) groups is 2. The summed E-state index contributed by atoms with van der Waals surface area (Å²) in [6.07, 6.45) is -3.85. The van der Waals surface area contributed by atoms with Gasteiger partial charge in [0.15, 0.2) is 11.9 Å². The Kier molecular flexibility index (Phi) is 10.1. The number of halogens is 3. The molecular weight excluding hydrogens is 557 g/mol. The first kappa shape index (κ1) is 29.7. The zero-order chi connectivity index (χ0) is 29.2. The SMILES string of the molecule is O=C(Cc1cccc(CC(F)(F)F)c1)Nc1ccc(CCCCc2nnc(NC(=O)[C@@H](O)c3ccccc3)s2)nn1. The molecule has 0 aliphatic rings. The van der Waals surface area contributed by atoms with Crippen molar-refractivity contribution in [2.75, 3.05) is 10.6 Å². The molecule has 0 aliphatic carbocycles. The van der Waals surface area contributed by atoms with Crippen molar-refractivity contribution in [2.24, 2.45) is 0 Å². The zero-order valence-corrected chi connectivity index (χ0v) is 22.6. The fourth-order valence-corrected chi connectivity index (χ4v) is 4.75. The number of nitrogens with one attached hydrogen (secondary N) is 2. The van der Waals surface area contributed by atoms with Crippen LogP contribution in [-0.4, -0.2) is 43.5 Å². The Labute approximate surface area is 237 Å². The molecule has 0 bridgehead atoms. The molecule has 1 atom stereocenters. The lowest BCUT2D eigenvalue weighted by Crippen LogP contribution is -2.20. The minimum absolute atomic E-state index is 0.0836. The first-order chi connectivity index (χ1) is 19.6. The third-order valence-electron chi connectivity index (χ3n) is 5.88. The second-order valence-electron chi connectivity index (χ2n) is 9.26. The number of hydrogen-bond donors (Lipinski definition) is 3. The largest absolute Gasteiger partial charge is 0.393 e. The summed E-state index contributed by atoms with van der Waals surface area (Å²) >= 11 is 1.25. The predicted molar refractivity (Wildman–Crippen MR) is 147 cm³/mol. The molecule has 41 heavy (non-hydrogen) atoms. The lowest BCUT2D eigenvalue weighted by atomic mass is 10.1. The number of carbonyl (C=O) groups excluding carboxylic acids is 2. The molecule has 4 rings (SSSR count). The lowest BCUT2D eigenvalue weighted by Gasteiger charge is -2.09. The van der Waals surface area contributed by atoms with Crippen molar-refractivity contribution >= 4 is 34.1 Å². The predicted octanol–water partition coefficient (Wildman–Crippen LogP) is 4.85. The van der Waals surface area contributed by atoms with Gasteiger partial charge in [-0.1, -0.05) is 65.9 Å². The van der Waals surface area contributed by atoms with E-state index >= 15 is 0 Å². The van der Waals surface area contributed by atoms with Gasteiger partial charge in [0.2, 0.25) is 11.0 Å². The van der Waals surface area contributed by atoms with Gasteiger partial charge in [-0.3, -0.25) is 14.9 Å². The summed E-state index contributed by atoms with van der Waals surface area (Å²) in [6, 6.07) is 17.8. The molecule has 0 saturated carbocycles. The second kappa shape index (κ2) is 13.9. The molecule has 0 aliphatic heterocycles. The highest BCUT2D eigenvalue weighted by Crippen LogP contribution is 2.22. The zero-order valence-electron chi connectivity index (χ0n) is 21.8. The summed E-state index contributed by atoms with van der Waals surface area (Å²) in [5.74, 6) is -0.725. The van der Waals surface area contributed by atoms with E-state index in [2.05, 4.69) is 31.0 Å². The second-order valence-corrected chi connectivity index (χ2v) is 10.3. The number of nitrogens with zero attached hydrogens (tertiary/aromatic N) is 4. The Morgan fingerprint density at radius 1 is 0.854 bits per heavy atom. The molecule has 0 fully saturated rings. The van der Waals surface area contributed by atoms with Gasteiger partial charge in [-0.05, 0) is 48.1 Å². The maximum absolute atomic E-state index is 12.6. The average molecular weight is 585 g/mol. The topological polar surface area (TPSA) is 130 Å². The van der Waals surface area contributed by atoms with Crippen LogP contribution in [0, 0.1) is 0 Å². The van der Waals surface area contributed by atoms with Crippen molar-refractivity contribution in [2.45, 2.75) is 50.8 Å². The number of alkyl halides is 3. The van der Waals surface area contributed by atoms with Crippen LogP contribution in [0.1, 0.15) is 46.3 Å². The van der Waals surface area contributed by atoms with E-state index in [-0.39, 0.29) is 17.8 Å². The van der Waals surface area contributed by atoms with Gasteiger partial charge in [-0.15, -0.1) is 15.3 Å². The van der Waals surface area contributed by atoms with Crippen LogP contribution >= 0.6 is 11.3 Å². The molecule has 2 amide bonds. The third-order valence-corrected chi connectivity index (χ3v) is 6.78. The Hall–Kier alpha value is -4.23. The highest BCUT2D eigenvalue weighted by molar-refractivity contribution is 7.15. The van der Waals surface area contributed by atoms with Crippen molar-refractivity contribution in [1.82, 2.24) is 20.4 Å². The fourth-order valence-electron chi connectivity index (χ4n) is 3.96. The maximum atomic E-state index is 12.6. The van der Waals surface area contributed by atoms with Crippen molar-refractivity contribution in [3.8, 4) is 0 Å². The third kappa shape index (κ3) is 9.72. The Bertz CT molecular complexity index is 1450. The monoisotopic (exact) mass is 584 g/mol. The number of rotatable bonds is 12. The summed E-state index contributed by atoms with van der Waals surface area (Å²) < 4.78 is 37.9. The number of aryl methyl sites for hydroxylation is 2. The van der Waals surface area contributed by atoms with Crippen molar-refractivity contribution in [1.29, 1.82) is 0 Å². The molecule has 2 aromatic carbocycles. The van der Waals surface area contributed by atoms with Crippen LogP contribution in [0.15, 0.2) is 66.7 Å². The van der Waals surface area contributed by atoms with Crippen LogP contribution in [0.5, 0.6) is 0 Å². The Balaban J connectivity index is 1.17. The number of amides is 2. The Morgan fingerprint density at radius 2 is 1.61 bits per heavy atom. The van der Waals surface area contributed by atoms with Crippen LogP contribution in [0.25, 0.3) is 0 Å². The lowest BCUT2D eigenvalue weighted by molar-refractivity contribution is -0.127. The highest BCUT2D eigenvalue weighted by atomic mass is 32.1. The number of aliphatic hydroxyl groups excluding tert-OH is 1. The van der Waals surface area contributed by atoms with Crippen LogP contribution in [0.2, 0.25) is 0 Å². The van der Waals surface area contributed by atoms with Crippen molar-refractivity contribution < 1.29 is 27.9 Å². The molecular formula is C28H27F3N6O3S. The molecule has 4 aromatic rings. The van der Waals surface area contributed by atoms with E-state index in [1.54, 1.807) is 48.5 Å². The molecule has 2 heterocycles. The molecule has 0 unspecified atom stereocenters. The van der Waals surface area contributed by atoms with Crippen LogP contribution in [-0.2, 0) is 35.3 Å². The summed E-state index contributed by atoms with van der Waals surface area (Å²) in [5.41, 5.74) is 1.80. The average Bonchev–Trinajstić information content (AvgIpc) is 3.38. The molecule has 0 saturated heterocycles. The van der Waals surface area contributed by atoms with E-state index in [9.17, 15) is 27.9 Å². The van der Waals surface area contributed by atoms with E-state index in [1.165, 1.54) is 29.5 Å². The summed E-state index contributed by atoms with van der Waals surface area (Å²) in [6.45, 7) is 0. The number of unbranched alkanes of at least 4 members (excludes halogenated alkanes) is 1. The number of anilines is 2. The van der Waals surface area contributed by atoms with E-state index < -0.39 is 30.5 Å². The first-order valence-corrected chi connectivity index (χ1v) is 13.6. The smallest absolute Gasteiger partial charge is 0.378 e. The minimum atomic E-state index is -4.31. The molecule has 214 valence electrons. The van der Waals surface area contributed by atoms with Gasteiger partial charge in [0.05, 0.1) is 18.5 Å². The number of aromatic nitrogens is 4.